The fourth-order valence-electron chi connectivity index (χ4n) is 3.27. The molecule has 2 aromatic heterocycles. The standard InChI is InChI=1S/C19H12N4O3/c1-22-15-4-2-3-14(11-5-7-13(8-6-11)23(25)26)17(15)18-16(22)9-12(10-20)19(24)21-18/h2-9H,1H3,(H,21,24). The second-order valence-corrected chi connectivity index (χ2v) is 5.95. The summed E-state index contributed by atoms with van der Waals surface area (Å²) in [6.45, 7) is 0. The second-order valence-electron chi connectivity index (χ2n) is 5.95. The Labute approximate surface area is 146 Å². The van der Waals surface area contributed by atoms with E-state index in [4.69, 9.17) is 5.26 Å². The van der Waals surface area contributed by atoms with E-state index in [2.05, 4.69) is 4.98 Å². The predicted molar refractivity (Wildman–Crippen MR) is 97.9 cm³/mol. The Morgan fingerprint density at radius 1 is 1.15 bits per heavy atom. The topological polar surface area (TPSA) is 105 Å². The zero-order valence-corrected chi connectivity index (χ0v) is 13.7. The van der Waals surface area contributed by atoms with Gasteiger partial charge in [-0.15, -0.1) is 0 Å². The summed E-state index contributed by atoms with van der Waals surface area (Å²) in [4.78, 5) is 25.4. The molecule has 0 spiro atoms. The molecule has 0 aliphatic heterocycles. The van der Waals surface area contributed by atoms with Gasteiger partial charge in [0.25, 0.3) is 11.2 Å². The fraction of sp³-hybridized carbons (Fsp3) is 0.0526. The third-order valence-corrected chi connectivity index (χ3v) is 4.55. The number of aromatic amines is 1. The molecule has 7 heteroatoms. The number of nitrogens with one attached hydrogen (secondary N) is 1. The molecule has 4 rings (SSSR count). The van der Waals surface area contributed by atoms with E-state index in [1.54, 1.807) is 18.2 Å². The van der Waals surface area contributed by atoms with Crippen molar-refractivity contribution in [2.24, 2.45) is 7.05 Å². The Balaban J connectivity index is 2.08. The number of hydrogen-bond acceptors (Lipinski definition) is 4. The average molecular weight is 344 g/mol. The molecule has 26 heavy (non-hydrogen) atoms. The van der Waals surface area contributed by atoms with Crippen molar-refractivity contribution in [1.82, 2.24) is 9.55 Å². The Morgan fingerprint density at radius 2 is 1.88 bits per heavy atom. The van der Waals surface area contributed by atoms with Gasteiger partial charge in [0.15, 0.2) is 0 Å². The summed E-state index contributed by atoms with van der Waals surface area (Å²) < 4.78 is 1.91. The summed E-state index contributed by atoms with van der Waals surface area (Å²) in [5, 5.41) is 20.8. The Hall–Kier alpha value is -3.92. The van der Waals surface area contributed by atoms with Gasteiger partial charge < -0.3 is 9.55 Å². The Bertz CT molecular complexity index is 1290. The molecule has 0 atom stereocenters. The van der Waals surface area contributed by atoms with E-state index in [1.165, 1.54) is 12.1 Å². The summed E-state index contributed by atoms with van der Waals surface area (Å²) in [5.74, 6) is 0. The number of pyridine rings is 1. The van der Waals surface area contributed by atoms with Crippen LogP contribution >= 0.6 is 0 Å². The molecule has 0 radical (unpaired) electrons. The normalized spacial score (nSPS) is 10.9. The largest absolute Gasteiger partial charge is 0.342 e. The lowest BCUT2D eigenvalue weighted by Crippen LogP contribution is -2.09. The minimum atomic E-state index is -0.441. The van der Waals surface area contributed by atoms with Crippen LogP contribution in [0.15, 0.2) is 53.3 Å². The summed E-state index contributed by atoms with van der Waals surface area (Å²) in [6.07, 6.45) is 0. The number of nitriles is 1. The number of nitro benzene ring substituents is 1. The van der Waals surface area contributed by atoms with Crippen LogP contribution in [0, 0.1) is 21.4 Å². The summed E-state index contributed by atoms with van der Waals surface area (Å²) in [7, 11) is 1.86. The maximum Gasteiger partial charge on any atom is 0.269 e. The lowest BCUT2D eigenvalue weighted by molar-refractivity contribution is -0.384. The van der Waals surface area contributed by atoms with Gasteiger partial charge in [0.05, 0.1) is 21.5 Å². The highest BCUT2D eigenvalue weighted by Crippen LogP contribution is 2.35. The highest BCUT2D eigenvalue weighted by molar-refractivity contribution is 6.13. The third-order valence-electron chi connectivity index (χ3n) is 4.55. The van der Waals surface area contributed by atoms with E-state index >= 15 is 0 Å². The van der Waals surface area contributed by atoms with Gasteiger partial charge in [-0.25, -0.2) is 0 Å². The summed E-state index contributed by atoms with van der Waals surface area (Å²) >= 11 is 0. The van der Waals surface area contributed by atoms with Crippen molar-refractivity contribution >= 4 is 27.6 Å². The zero-order valence-electron chi connectivity index (χ0n) is 13.7. The van der Waals surface area contributed by atoms with Crippen molar-refractivity contribution in [1.29, 1.82) is 5.26 Å². The van der Waals surface area contributed by atoms with Gasteiger partial charge in [0, 0.05) is 24.6 Å². The first-order valence-corrected chi connectivity index (χ1v) is 7.80. The molecule has 0 fully saturated rings. The first kappa shape index (κ1) is 15.6. The van der Waals surface area contributed by atoms with Gasteiger partial charge in [-0.3, -0.25) is 14.9 Å². The van der Waals surface area contributed by atoms with E-state index in [1.807, 2.05) is 35.9 Å². The Morgan fingerprint density at radius 3 is 2.54 bits per heavy atom. The number of hydrogen-bond donors (Lipinski definition) is 1. The number of fused-ring (bicyclic) bond motifs is 3. The molecule has 4 aromatic rings. The number of aromatic nitrogens is 2. The number of benzene rings is 2. The number of H-pyrrole nitrogens is 1. The molecule has 0 amide bonds. The van der Waals surface area contributed by atoms with Crippen molar-refractivity contribution in [2.45, 2.75) is 0 Å². The molecule has 0 aliphatic carbocycles. The van der Waals surface area contributed by atoms with Crippen LogP contribution in [0.4, 0.5) is 5.69 Å². The third kappa shape index (κ3) is 2.17. The molecule has 0 bridgehead atoms. The average Bonchev–Trinajstić information content (AvgIpc) is 2.93. The van der Waals surface area contributed by atoms with E-state index < -0.39 is 10.5 Å². The van der Waals surface area contributed by atoms with Crippen molar-refractivity contribution < 1.29 is 4.92 Å². The molecular weight excluding hydrogens is 332 g/mol. The lowest BCUT2D eigenvalue weighted by Gasteiger charge is -2.05. The minimum Gasteiger partial charge on any atom is -0.342 e. The molecule has 0 saturated carbocycles. The molecule has 2 aromatic carbocycles. The molecular formula is C19H12N4O3. The number of rotatable bonds is 2. The Kier molecular flexibility index (Phi) is 3.34. The number of nitro groups is 1. The fourth-order valence-corrected chi connectivity index (χ4v) is 3.27. The van der Waals surface area contributed by atoms with E-state index in [0.717, 1.165) is 27.5 Å². The predicted octanol–water partition coefficient (Wildman–Crippen LogP) is 3.47. The van der Waals surface area contributed by atoms with Gasteiger partial charge in [-0.1, -0.05) is 12.1 Å². The zero-order chi connectivity index (χ0) is 18.4. The van der Waals surface area contributed by atoms with Crippen LogP contribution in [0.25, 0.3) is 33.1 Å². The highest BCUT2D eigenvalue weighted by atomic mass is 16.6. The monoisotopic (exact) mass is 344 g/mol. The molecule has 126 valence electrons. The quantitative estimate of drug-likeness (QED) is 0.444. The van der Waals surface area contributed by atoms with Crippen molar-refractivity contribution in [3.05, 3.63) is 74.6 Å². The summed E-state index contributed by atoms with van der Waals surface area (Å²) in [5.41, 5.74) is 3.56. The van der Waals surface area contributed by atoms with Gasteiger partial charge in [-0.2, -0.15) is 5.26 Å². The number of nitrogens with zero attached hydrogens (tertiary/aromatic N) is 3. The van der Waals surface area contributed by atoms with Gasteiger partial charge in [-0.05, 0) is 35.4 Å². The van der Waals surface area contributed by atoms with Gasteiger partial charge >= 0.3 is 0 Å². The van der Waals surface area contributed by atoms with Crippen LogP contribution in [-0.4, -0.2) is 14.5 Å². The second kappa shape index (κ2) is 5.57. The van der Waals surface area contributed by atoms with E-state index in [9.17, 15) is 14.9 Å². The first-order valence-electron chi connectivity index (χ1n) is 7.80. The molecule has 0 aliphatic rings. The van der Waals surface area contributed by atoms with Crippen LogP contribution in [0.2, 0.25) is 0 Å². The molecule has 0 saturated heterocycles. The molecule has 2 heterocycles. The number of aryl methyl sites for hydroxylation is 1. The first-order chi connectivity index (χ1) is 12.5. The van der Waals surface area contributed by atoms with Gasteiger partial charge in [0.1, 0.15) is 11.6 Å². The molecule has 7 nitrogen and oxygen atoms in total. The minimum absolute atomic E-state index is 0.0194. The van der Waals surface area contributed by atoms with Crippen LogP contribution in [-0.2, 0) is 7.05 Å². The number of non-ortho nitro benzene ring substituents is 1. The maximum absolute atomic E-state index is 12.1. The van der Waals surface area contributed by atoms with Crippen LogP contribution < -0.4 is 5.56 Å². The van der Waals surface area contributed by atoms with Crippen LogP contribution in [0.5, 0.6) is 0 Å². The SMILES string of the molecule is Cn1c2cc(C#N)c(=O)[nH]c2c2c(-c3ccc([N+](=O)[O-])cc3)cccc21. The molecule has 1 N–H and O–H groups in total. The summed E-state index contributed by atoms with van der Waals surface area (Å²) in [6, 6.07) is 15.5. The van der Waals surface area contributed by atoms with Crippen molar-refractivity contribution in [3.8, 4) is 17.2 Å². The van der Waals surface area contributed by atoms with Crippen molar-refractivity contribution in [3.63, 3.8) is 0 Å². The highest BCUT2D eigenvalue weighted by Gasteiger charge is 2.16. The molecule has 0 unspecified atom stereocenters. The van der Waals surface area contributed by atoms with Crippen molar-refractivity contribution in [2.75, 3.05) is 0 Å². The van der Waals surface area contributed by atoms with E-state index in [-0.39, 0.29) is 11.3 Å². The van der Waals surface area contributed by atoms with E-state index in [0.29, 0.717) is 5.52 Å². The van der Waals surface area contributed by atoms with Crippen LogP contribution in [0.3, 0.4) is 0 Å². The lowest BCUT2D eigenvalue weighted by atomic mass is 10.0. The van der Waals surface area contributed by atoms with Crippen LogP contribution in [0.1, 0.15) is 5.56 Å². The smallest absolute Gasteiger partial charge is 0.269 e. The maximum atomic E-state index is 12.1. The van der Waals surface area contributed by atoms with Gasteiger partial charge in [0.2, 0.25) is 0 Å².